The van der Waals surface area contributed by atoms with Crippen LogP contribution in [0.1, 0.15) is 16.1 Å². The number of carboxylic acids is 1. The normalized spacial score (nSPS) is 10.1. The standard InChI is InChI=1S/C13H11FN2O2/c14-10-5-3-9(4-6-10)8-16-11-2-1-7-15-12(11)13(17)18/h1-7,16H,8H2,(H,17,18). The van der Waals surface area contributed by atoms with Crippen LogP contribution in [0, 0.1) is 5.82 Å². The van der Waals surface area contributed by atoms with E-state index in [2.05, 4.69) is 10.3 Å². The summed E-state index contributed by atoms with van der Waals surface area (Å²) in [5.74, 6) is -1.39. The molecule has 5 heteroatoms. The molecule has 0 saturated heterocycles. The minimum absolute atomic E-state index is 0.0281. The van der Waals surface area contributed by atoms with Crippen LogP contribution in [0.25, 0.3) is 0 Å². The van der Waals surface area contributed by atoms with Gasteiger partial charge in [0.25, 0.3) is 0 Å². The minimum Gasteiger partial charge on any atom is -0.476 e. The highest BCUT2D eigenvalue weighted by Gasteiger charge is 2.10. The summed E-state index contributed by atoms with van der Waals surface area (Å²) in [5.41, 5.74) is 1.27. The van der Waals surface area contributed by atoms with Crippen LogP contribution in [0.3, 0.4) is 0 Å². The van der Waals surface area contributed by atoms with Crippen LogP contribution in [0.5, 0.6) is 0 Å². The van der Waals surface area contributed by atoms with Gasteiger partial charge in [-0.05, 0) is 29.8 Å². The van der Waals surface area contributed by atoms with Gasteiger partial charge in [-0.2, -0.15) is 0 Å². The Balaban J connectivity index is 2.10. The number of pyridine rings is 1. The molecule has 0 saturated carbocycles. The SMILES string of the molecule is O=C(O)c1ncccc1NCc1ccc(F)cc1. The number of aromatic nitrogens is 1. The average molecular weight is 246 g/mol. The van der Waals surface area contributed by atoms with Gasteiger partial charge in [0.1, 0.15) is 5.82 Å². The molecule has 0 aliphatic rings. The fraction of sp³-hybridized carbons (Fsp3) is 0.0769. The maximum atomic E-state index is 12.7. The zero-order valence-electron chi connectivity index (χ0n) is 9.43. The Morgan fingerprint density at radius 1 is 1.28 bits per heavy atom. The van der Waals surface area contributed by atoms with Crippen molar-refractivity contribution in [3.8, 4) is 0 Å². The molecule has 0 atom stereocenters. The van der Waals surface area contributed by atoms with Gasteiger partial charge in [-0.3, -0.25) is 0 Å². The van der Waals surface area contributed by atoms with Crippen molar-refractivity contribution in [1.29, 1.82) is 0 Å². The van der Waals surface area contributed by atoms with E-state index in [-0.39, 0.29) is 11.5 Å². The van der Waals surface area contributed by atoms with Crippen molar-refractivity contribution in [2.45, 2.75) is 6.54 Å². The Morgan fingerprint density at radius 2 is 2.00 bits per heavy atom. The third-order valence-corrected chi connectivity index (χ3v) is 2.41. The van der Waals surface area contributed by atoms with E-state index < -0.39 is 5.97 Å². The number of nitrogens with zero attached hydrogens (tertiary/aromatic N) is 1. The number of hydrogen-bond donors (Lipinski definition) is 2. The minimum atomic E-state index is -1.09. The summed E-state index contributed by atoms with van der Waals surface area (Å²) in [6.07, 6.45) is 1.42. The molecule has 0 unspecified atom stereocenters. The lowest BCUT2D eigenvalue weighted by atomic mass is 10.2. The van der Waals surface area contributed by atoms with E-state index in [4.69, 9.17) is 5.11 Å². The van der Waals surface area contributed by atoms with Gasteiger partial charge >= 0.3 is 5.97 Å². The van der Waals surface area contributed by atoms with E-state index in [0.29, 0.717) is 12.2 Å². The topological polar surface area (TPSA) is 62.2 Å². The van der Waals surface area contributed by atoms with E-state index in [1.54, 1.807) is 24.3 Å². The Bertz CT molecular complexity index is 555. The van der Waals surface area contributed by atoms with Gasteiger partial charge in [0.15, 0.2) is 5.69 Å². The van der Waals surface area contributed by atoms with Gasteiger partial charge in [0, 0.05) is 12.7 Å². The van der Waals surface area contributed by atoms with Gasteiger partial charge in [-0.25, -0.2) is 14.2 Å². The van der Waals surface area contributed by atoms with Crippen molar-refractivity contribution in [1.82, 2.24) is 4.98 Å². The van der Waals surface area contributed by atoms with Crippen molar-refractivity contribution in [2.24, 2.45) is 0 Å². The molecule has 0 fully saturated rings. The van der Waals surface area contributed by atoms with Gasteiger partial charge in [0.05, 0.1) is 5.69 Å². The summed E-state index contributed by atoms with van der Waals surface area (Å²) in [6, 6.07) is 9.29. The molecule has 1 heterocycles. The van der Waals surface area contributed by atoms with E-state index >= 15 is 0 Å². The van der Waals surface area contributed by atoms with Crippen molar-refractivity contribution in [3.63, 3.8) is 0 Å². The molecule has 0 aliphatic carbocycles. The molecular formula is C13H11FN2O2. The molecule has 0 amide bonds. The summed E-state index contributed by atoms with van der Waals surface area (Å²) >= 11 is 0. The molecule has 4 nitrogen and oxygen atoms in total. The van der Waals surface area contributed by atoms with Crippen molar-refractivity contribution in [3.05, 3.63) is 59.7 Å². The quantitative estimate of drug-likeness (QED) is 0.870. The van der Waals surface area contributed by atoms with Crippen LogP contribution < -0.4 is 5.32 Å². The first-order valence-electron chi connectivity index (χ1n) is 5.33. The lowest BCUT2D eigenvalue weighted by Gasteiger charge is -2.08. The predicted octanol–water partition coefficient (Wildman–Crippen LogP) is 2.53. The maximum Gasteiger partial charge on any atom is 0.356 e. The number of benzene rings is 1. The van der Waals surface area contributed by atoms with Crippen LogP contribution in [0.4, 0.5) is 10.1 Å². The highest BCUT2D eigenvalue weighted by Crippen LogP contribution is 2.13. The highest BCUT2D eigenvalue weighted by molar-refractivity contribution is 5.91. The van der Waals surface area contributed by atoms with Crippen LogP contribution in [0.2, 0.25) is 0 Å². The molecule has 2 rings (SSSR count). The number of rotatable bonds is 4. The van der Waals surface area contributed by atoms with E-state index in [1.807, 2.05) is 0 Å². The Kier molecular flexibility index (Phi) is 3.52. The van der Waals surface area contributed by atoms with Crippen molar-refractivity contribution in [2.75, 3.05) is 5.32 Å². The van der Waals surface area contributed by atoms with E-state index in [9.17, 15) is 9.18 Å². The third kappa shape index (κ3) is 2.82. The second-order valence-corrected chi connectivity index (χ2v) is 3.68. The summed E-state index contributed by atoms with van der Waals surface area (Å²) in [7, 11) is 0. The molecule has 2 aromatic rings. The summed E-state index contributed by atoms with van der Waals surface area (Å²) in [4.78, 5) is 14.7. The summed E-state index contributed by atoms with van der Waals surface area (Å²) in [6.45, 7) is 0.409. The predicted molar refractivity (Wildman–Crippen MR) is 64.9 cm³/mol. The van der Waals surface area contributed by atoms with Crippen molar-refractivity contribution < 1.29 is 14.3 Å². The van der Waals surface area contributed by atoms with Crippen LogP contribution in [-0.2, 0) is 6.54 Å². The number of nitrogens with one attached hydrogen (secondary N) is 1. The number of carbonyl (C=O) groups is 1. The second-order valence-electron chi connectivity index (χ2n) is 3.68. The molecule has 92 valence electrons. The molecule has 0 bridgehead atoms. The molecule has 0 spiro atoms. The lowest BCUT2D eigenvalue weighted by Crippen LogP contribution is -2.08. The van der Waals surface area contributed by atoms with E-state index in [1.165, 1.54) is 18.3 Å². The van der Waals surface area contributed by atoms with Crippen LogP contribution in [-0.4, -0.2) is 16.1 Å². The molecule has 1 aromatic carbocycles. The highest BCUT2D eigenvalue weighted by atomic mass is 19.1. The van der Waals surface area contributed by atoms with Crippen molar-refractivity contribution >= 4 is 11.7 Å². The first kappa shape index (κ1) is 12.0. The monoisotopic (exact) mass is 246 g/mol. The van der Waals surface area contributed by atoms with Gasteiger partial charge in [0.2, 0.25) is 0 Å². The number of aromatic carboxylic acids is 1. The Morgan fingerprint density at radius 3 is 2.67 bits per heavy atom. The first-order chi connectivity index (χ1) is 8.66. The Hall–Kier alpha value is -2.43. The van der Waals surface area contributed by atoms with Gasteiger partial charge in [-0.15, -0.1) is 0 Å². The molecule has 1 aromatic heterocycles. The second kappa shape index (κ2) is 5.27. The fourth-order valence-corrected chi connectivity index (χ4v) is 1.52. The number of carboxylic acid groups (broad SMARTS) is 1. The molecule has 2 N–H and O–H groups in total. The number of hydrogen-bond acceptors (Lipinski definition) is 3. The molecule has 0 aliphatic heterocycles. The average Bonchev–Trinajstić information content (AvgIpc) is 2.38. The fourth-order valence-electron chi connectivity index (χ4n) is 1.52. The molecular weight excluding hydrogens is 235 g/mol. The van der Waals surface area contributed by atoms with E-state index in [0.717, 1.165) is 5.56 Å². The largest absolute Gasteiger partial charge is 0.476 e. The first-order valence-corrected chi connectivity index (χ1v) is 5.33. The van der Waals surface area contributed by atoms with Crippen LogP contribution >= 0.6 is 0 Å². The summed E-state index contributed by atoms with van der Waals surface area (Å²) in [5, 5.41) is 11.9. The van der Waals surface area contributed by atoms with Gasteiger partial charge in [-0.1, -0.05) is 12.1 Å². The maximum absolute atomic E-state index is 12.7. The molecule has 0 radical (unpaired) electrons. The number of halogens is 1. The van der Waals surface area contributed by atoms with Crippen LogP contribution in [0.15, 0.2) is 42.6 Å². The number of anilines is 1. The Labute approximate surface area is 103 Å². The third-order valence-electron chi connectivity index (χ3n) is 2.41. The molecule has 18 heavy (non-hydrogen) atoms. The van der Waals surface area contributed by atoms with Gasteiger partial charge < -0.3 is 10.4 Å². The lowest BCUT2D eigenvalue weighted by molar-refractivity contribution is 0.0691. The smallest absolute Gasteiger partial charge is 0.356 e. The summed E-state index contributed by atoms with van der Waals surface area (Å²) < 4.78 is 12.7. The zero-order chi connectivity index (χ0) is 13.0. The zero-order valence-corrected chi connectivity index (χ0v) is 9.43.